The summed E-state index contributed by atoms with van der Waals surface area (Å²) in [5, 5.41) is 0. The molecule has 0 bridgehead atoms. The summed E-state index contributed by atoms with van der Waals surface area (Å²) < 4.78 is 3.55. The first-order valence-electron chi connectivity index (χ1n) is 5.92. The summed E-state index contributed by atoms with van der Waals surface area (Å²) in [5.41, 5.74) is 1.65. The van der Waals surface area contributed by atoms with Crippen molar-refractivity contribution in [2.75, 3.05) is 20.6 Å². The van der Waals surface area contributed by atoms with E-state index in [1.807, 2.05) is 0 Å². The molecule has 0 saturated heterocycles. The topological polar surface area (TPSA) is 3.24 Å². The normalized spacial score (nSPS) is 16.5. The molecule has 0 saturated carbocycles. The van der Waals surface area contributed by atoms with Crippen LogP contribution >= 0.6 is 0 Å². The minimum Gasteiger partial charge on any atom is -1.00 e. The monoisotopic (exact) mass is 361 g/mol. The van der Waals surface area contributed by atoms with Gasteiger partial charge in [0.05, 0.1) is 0 Å². The molecule has 2 aliphatic rings. The van der Waals surface area contributed by atoms with Crippen molar-refractivity contribution < 1.29 is 48.0 Å². The summed E-state index contributed by atoms with van der Waals surface area (Å²) in [6, 6.07) is 0. The Morgan fingerprint density at radius 2 is 1.94 bits per heavy atom. The summed E-state index contributed by atoms with van der Waals surface area (Å²) in [7, 11) is 4.31. The molecule has 0 radical (unpaired) electrons. The molecule has 98 valence electrons. The zero-order chi connectivity index (χ0) is 11.4. The van der Waals surface area contributed by atoms with Gasteiger partial charge in [-0.15, -0.1) is 0 Å². The van der Waals surface area contributed by atoms with Gasteiger partial charge in [0.1, 0.15) is 0 Å². The minimum absolute atomic E-state index is 0. The van der Waals surface area contributed by atoms with Gasteiger partial charge in [0, 0.05) is 0 Å². The van der Waals surface area contributed by atoms with Crippen LogP contribution in [0.15, 0.2) is 42.5 Å². The number of rotatable bonds is 5. The molecule has 0 unspecified atom stereocenters. The van der Waals surface area contributed by atoms with Crippen molar-refractivity contribution in [3.63, 3.8) is 0 Å². The second-order valence-corrected chi connectivity index (χ2v) is 8.29. The van der Waals surface area contributed by atoms with Crippen LogP contribution in [0, 0.1) is 0 Å². The van der Waals surface area contributed by atoms with Crippen molar-refractivity contribution in [1.82, 2.24) is 4.90 Å². The van der Waals surface area contributed by atoms with E-state index in [0.29, 0.717) is 0 Å². The minimum atomic E-state index is -0.425. The van der Waals surface area contributed by atoms with Gasteiger partial charge in [-0.05, 0) is 0 Å². The van der Waals surface area contributed by atoms with Gasteiger partial charge in [0.15, 0.2) is 0 Å². The Morgan fingerprint density at radius 3 is 2.56 bits per heavy atom. The van der Waals surface area contributed by atoms with E-state index >= 15 is 0 Å². The molecule has 2 aliphatic carbocycles. The predicted molar refractivity (Wildman–Crippen MR) is 65.8 cm³/mol. The Balaban J connectivity index is 0.00000144. The van der Waals surface area contributed by atoms with Crippen molar-refractivity contribution in [3.8, 4) is 0 Å². The van der Waals surface area contributed by atoms with E-state index in [2.05, 4.69) is 49.4 Å². The van der Waals surface area contributed by atoms with Gasteiger partial charge in [-0.25, -0.2) is 0 Å². The molecule has 0 amide bonds. The van der Waals surface area contributed by atoms with Crippen LogP contribution in [0.25, 0.3) is 0 Å². The predicted octanol–water partition coefficient (Wildman–Crippen LogP) is -2.91. The molecule has 0 spiro atoms. The smallest absolute Gasteiger partial charge is 1.00 e. The van der Waals surface area contributed by atoms with E-state index in [0.717, 1.165) is 0 Å². The van der Waals surface area contributed by atoms with Crippen LogP contribution in [0.1, 0.15) is 19.3 Å². The molecule has 4 heteroatoms. The van der Waals surface area contributed by atoms with E-state index < -0.39 is 23.2 Å². The molecule has 0 N–H and O–H groups in total. The molecule has 0 aromatic carbocycles. The second-order valence-electron chi connectivity index (χ2n) is 4.61. The third kappa shape index (κ3) is 5.57. The molecule has 18 heavy (non-hydrogen) atoms. The SMILES string of the molecule is CN(C)CCC1=[C]([Zr+2][C]2=CC=CC2)CC=C1.[Cl-].[Cl-]. The van der Waals surface area contributed by atoms with E-state index in [1.54, 1.807) is 12.1 Å². The van der Waals surface area contributed by atoms with E-state index in [1.165, 1.54) is 25.8 Å². The Labute approximate surface area is 134 Å². The maximum atomic E-state index is 2.36. The Kier molecular flexibility index (Phi) is 9.51. The van der Waals surface area contributed by atoms with Crippen LogP contribution in [0.4, 0.5) is 0 Å². The molecular weight excluding hydrogens is 344 g/mol. The van der Waals surface area contributed by atoms with Crippen LogP contribution in [0.2, 0.25) is 0 Å². The molecule has 0 aliphatic heterocycles. The van der Waals surface area contributed by atoms with Gasteiger partial charge in [-0.3, -0.25) is 0 Å². The Morgan fingerprint density at radius 1 is 1.17 bits per heavy atom. The zero-order valence-corrected chi connectivity index (χ0v) is 14.9. The number of hydrogen-bond acceptors (Lipinski definition) is 1. The van der Waals surface area contributed by atoms with Gasteiger partial charge in [-0.2, -0.15) is 0 Å². The average Bonchev–Trinajstić information content (AvgIpc) is 2.87. The molecular formula is C14H19Cl2NZr. The Bertz CT molecular complexity index is 381. The fraction of sp³-hybridized carbons (Fsp3) is 0.429. The molecule has 0 aromatic rings. The third-order valence-electron chi connectivity index (χ3n) is 2.94. The van der Waals surface area contributed by atoms with Gasteiger partial charge >= 0.3 is 111 Å². The number of nitrogens with zero attached hydrogens (tertiary/aromatic N) is 1. The molecule has 1 nitrogen and oxygen atoms in total. The van der Waals surface area contributed by atoms with E-state index in [9.17, 15) is 0 Å². The maximum Gasteiger partial charge on any atom is -1.00 e. The van der Waals surface area contributed by atoms with Gasteiger partial charge in [0.25, 0.3) is 0 Å². The van der Waals surface area contributed by atoms with E-state index in [4.69, 9.17) is 0 Å². The largest absolute Gasteiger partial charge is 1.00 e. The van der Waals surface area contributed by atoms with Crippen molar-refractivity contribution in [2.24, 2.45) is 0 Å². The van der Waals surface area contributed by atoms with Crippen LogP contribution in [-0.2, 0) is 23.2 Å². The number of hydrogen-bond donors (Lipinski definition) is 0. The maximum absolute atomic E-state index is 2.36. The van der Waals surface area contributed by atoms with Crippen LogP contribution in [0.3, 0.4) is 0 Å². The van der Waals surface area contributed by atoms with Crippen molar-refractivity contribution in [3.05, 3.63) is 42.5 Å². The van der Waals surface area contributed by atoms with Crippen molar-refractivity contribution >= 4 is 0 Å². The van der Waals surface area contributed by atoms with Crippen LogP contribution in [-0.4, -0.2) is 25.5 Å². The zero-order valence-electron chi connectivity index (χ0n) is 10.9. The number of allylic oxidation sites excluding steroid dienone is 7. The van der Waals surface area contributed by atoms with E-state index in [-0.39, 0.29) is 24.8 Å². The van der Waals surface area contributed by atoms with Gasteiger partial charge < -0.3 is 24.8 Å². The van der Waals surface area contributed by atoms with Crippen molar-refractivity contribution in [2.45, 2.75) is 19.3 Å². The summed E-state index contributed by atoms with van der Waals surface area (Å²) in [6.07, 6.45) is 15.3. The first kappa shape index (κ1) is 18.4. The summed E-state index contributed by atoms with van der Waals surface area (Å²) in [4.78, 5) is 2.28. The summed E-state index contributed by atoms with van der Waals surface area (Å²) in [6.45, 7) is 1.18. The summed E-state index contributed by atoms with van der Waals surface area (Å²) >= 11 is -0.425. The van der Waals surface area contributed by atoms with Crippen LogP contribution in [0.5, 0.6) is 0 Å². The van der Waals surface area contributed by atoms with Crippen LogP contribution < -0.4 is 24.8 Å². The number of halogens is 2. The molecule has 2 rings (SSSR count). The summed E-state index contributed by atoms with van der Waals surface area (Å²) in [5.74, 6) is 0. The average molecular weight is 363 g/mol. The first-order chi connectivity index (χ1) is 7.75. The molecule has 0 aromatic heterocycles. The van der Waals surface area contributed by atoms with Crippen molar-refractivity contribution in [1.29, 1.82) is 0 Å². The first-order valence-corrected chi connectivity index (χ1v) is 8.37. The van der Waals surface area contributed by atoms with Gasteiger partial charge in [0.2, 0.25) is 0 Å². The second kappa shape index (κ2) is 9.31. The fourth-order valence-electron chi connectivity index (χ4n) is 1.99. The Hall–Kier alpha value is 0.383. The third-order valence-corrected chi connectivity index (χ3v) is 6.67. The molecule has 0 atom stereocenters. The molecule has 0 heterocycles. The fourth-order valence-corrected chi connectivity index (χ4v) is 5.38. The molecule has 0 fully saturated rings. The van der Waals surface area contributed by atoms with Gasteiger partial charge in [-0.1, -0.05) is 0 Å². The standard InChI is InChI=1S/C9H14N.C5H5.2ClH.Zr/c1-10(2)8-7-9-5-3-4-6-9;1-2-4-5-3-1;;;/h3,5H,4,7-8H2,1-2H3;1-3H,4H2;2*1H;/q;;;;+2/p-2. The quantitative estimate of drug-likeness (QED) is 0.506.